The minimum absolute atomic E-state index is 0.0414. The zero-order valence-electron chi connectivity index (χ0n) is 11.6. The average Bonchev–Trinajstić information content (AvgIpc) is 2.37. The molecule has 1 saturated heterocycles. The molecule has 1 amide bonds. The van der Waals surface area contributed by atoms with E-state index in [1.807, 2.05) is 24.3 Å². The molecule has 1 aliphatic heterocycles. The van der Waals surface area contributed by atoms with Gasteiger partial charge in [0.1, 0.15) is 0 Å². The van der Waals surface area contributed by atoms with E-state index in [1.165, 1.54) is 0 Å². The molecule has 3 N–H and O–H groups in total. The van der Waals surface area contributed by atoms with E-state index in [-0.39, 0.29) is 11.8 Å². The largest absolute Gasteiger partial charge is 0.481 e. The lowest BCUT2D eigenvalue weighted by molar-refractivity contribution is -0.150. The molecule has 108 valence electrons. The van der Waals surface area contributed by atoms with Gasteiger partial charge in [0.15, 0.2) is 0 Å². The summed E-state index contributed by atoms with van der Waals surface area (Å²) in [5.41, 5.74) is 7.59. The van der Waals surface area contributed by atoms with Gasteiger partial charge in [-0.3, -0.25) is 9.59 Å². The number of rotatable bonds is 5. The Morgan fingerprint density at radius 3 is 2.50 bits per heavy atom. The van der Waals surface area contributed by atoms with E-state index < -0.39 is 11.9 Å². The average molecular weight is 276 g/mol. The zero-order valence-corrected chi connectivity index (χ0v) is 11.6. The number of nitrogens with two attached hydrogens (primary N) is 1. The first-order chi connectivity index (χ1) is 9.52. The van der Waals surface area contributed by atoms with Gasteiger partial charge in [-0.05, 0) is 11.1 Å². The van der Waals surface area contributed by atoms with Gasteiger partial charge >= 0.3 is 5.97 Å². The van der Waals surface area contributed by atoms with Crippen molar-refractivity contribution in [3.63, 3.8) is 0 Å². The minimum Gasteiger partial charge on any atom is -0.481 e. The van der Waals surface area contributed by atoms with Crippen LogP contribution in [-0.4, -0.2) is 35.0 Å². The Hall–Kier alpha value is -1.88. The Morgan fingerprint density at radius 2 is 1.95 bits per heavy atom. The van der Waals surface area contributed by atoms with Gasteiger partial charge in [0.05, 0.1) is 12.3 Å². The van der Waals surface area contributed by atoms with E-state index in [0.29, 0.717) is 26.1 Å². The van der Waals surface area contributed by atoms with Gasteiger partial charge in [0, 0.05) is 25.6 Å². The number of benzene rings is 1. The molecule has 0 radical (unpaired) electrons. The number of carbonyl (C=O) groups is 2. The molecule has 1 fully saturated rings. The number of hydrogen-bond donors (Lipinski definition) is 2. The summed E-state index contributed by atoms with van der Waals surface area (Å²) in [4.78, 5) is 24.7. The number of likely N-dealkylation sites (tertiary alicyclic amines) is 1. The van der Waals surface area contributed by atoms with Crippen molar-refractivity contribution >= 4 is 11.9 Å². The Kier molecular flexibility index (Phi) is 4.39. The van der Waals surface area contributed by atoms with E-state index in [9.17, 15) is 9.59 Å². The van der Waals surface area contributed by atoms with Gasteiger partial charge in [-0.25, -0.2) is 0 Å². The lowest BCUT2D eigenvalue weighted by atomic mass is 9.86. The van der Waals surface area contributed by atoms with E-state index in [0.717, 1.165) is 11.1 Å². The van der Waals surface area contributed by atoms with Crippen LogP contribution < -0.4 is 5.73 Å². The van der Waals surface area contributed by atoms with Gasteiger partial charge in [0.25, 0.3) is 0 Å². The minimum atomic E-state index is -0.796. The van der Waals surface area contributed by atoms with Crippen molar-refractivity contribution in [2.24, 2.45) is 17.6 Å². The molecule has 1 aromatic carbocycles. The van der Waals surface area contributed by atoms with Crippen molar-refractivity contribution in [3.8, 4) is 0 Å². The first-order valence-corrected chi connectivity index (χ1v) is 6.80. The third-order valence-electron chi connectivity index (χ3n) is 4.04. The second-order valence-electron chi connectivity index (χ2n) is 5.34. The summed E-state index contributed by atoms with van der Waals surface area (Å²) < 4.78 is 0. The monoisotopic (exact) mass is 276 g/mol. The maximum absolute atomic E-state index is 12.1. The van der Waals surface area contributed by atoms with Gasteiger partial charge in [0.2, 0.25) is 5.91 Å². The highest BCUT2D eigenvalue weighted by Crippen LogP contribution is 2.25. The molecular weight excluding hydrogens is 256 g/mol. The number of hydrogen-bond acceptors (Lipinski definition) is 3. The van der Waals surface area contributed by atoms with Gasteiger partial charge in [-0.2, -0.15) is 0 Å². The molecular formula is C15H20N2O3. The van der Waals surface area contributed by atoms with Crippen molar-refractivity contribution in [1.29, 1.82) is 0 Å². The summed E-state index contributed by atoms with van der Waals surface area (Å²) in [5.74, 6) is -1.08. The predicted octanol–water partition coefficient (Wildman–Crippen LogP) is 0.867. The molecule has 1 atom stereocenters. The molecule has 1 unspecified atom stereocenters. The lowest BCUT2D eigenvalue weighted by Gasteiger charge is -2.41. The van der Waals surface area contributed by atoms with Crippen LogP contribution in [-0.2, 0) is 22.6 Å². The van der Waals surface area contributed by atoms with Crippen molar-refractivity contribution in [2.45, 2.75) is 19.9 Å². The molecule has 0 aliphatic carbocycles. The molecule has 0 spiro atoms. The summed E-state index contributed by atoms with van der Waals surface area (Å²) in [6.07, 6.45) is 0.335. The highest BCUT2D eigenvalue weighted by molar-refractivity contribution is 5.80. The summed E-state index contributed by atoms with van der Waals surface area (Å²) in [6.45, 7) is 3.19. The van der Waals surface area contributed by atoms with Crippen LogP contribution in [0, 0.1) is 11.8 Å². The second kappa shape index (κ2) is 6.05. The van der Waals surface area contributed by atoms with E-state index in [1.54, 1.807) is 11.8 Å². The van der Waals surface area contributed by atoms with Gasteiger partial charge in [-0.15, -0.1) is 0 Å². The zero-order chi connectivity index (χ0) is 14.7. The first kappa shape index (κ1) is 14.5. The number of nitrogens with zero attached hydrogens (tertiary/aromatic N) is 1. The van der Waals surface area contributed by atoms with Crippen LogP contribution >= 0.6 is 0 Å². The highest BCUT2D eigenvalue weighted by Gasteiger charge is 2.36. The van der Waals surface area contributed by atoms with Crippen molar-refractivity contribution in [3.05, 3.63) is 35.4 Å². The molecule has 5 heteroatoms. The summed E-state index contributed by atoms with van der Waals surface area (Å²) >= 11 is 0. The summed E-state index contributed by atoms with van der Waals surface area (Å²) in [5, 5.41) is 8.93. The Morgan fingerprint density at radius 1 is 1.35 bits per heavy atom. The fourth-order valence-electron chi connectivity index (χ4n) is 2.44. The molecule has 2 rings (SSSR count). The van der Waals surface area contributed by atoms with Crippen molar-refractivity contribution < 1.29 is 14.7 Å². The molecule has 0 bridgehead atoms. The van der Waals surface area contributed by atoms with Crippen LogP contribution in [0.15, 0.2) is 24.3 Å². The fraction of sp³-hybridized carbons (Fsp3) is 0.467. The predicted molar refractivity (Wildman–Crippen MR) is 74.9 cm³/mol. The van der Waals surface area contributed by atoms with Crippen LogP contribution in [0.25, 0.3) is 0 Å². The third kappa shape index (κ3) is 2.99. The van der Waals surface area contributed by atoms with Crippen LogP contribution in [0.1, 0.15) is 18.1 Å². The summed E-state index contributed by atoms with van der Waals surface area (Å²) in [7, 11) is 0. The fourth-order valence-corrected chi connectivity index (χ4v) is 2.44. The van der Waals surface area contributed by atoms with Crippen LogP contribution in [0.3, 0.4) is 0 Å². The maximum Gasteiger partial charge on any atom is 0.306 e. The molecule has 20 heavy (non-hydrogen) atoms. The number of amides is 1. The number of carboxylic acids is 1. The Labute approximate surface area is 118 Å². The topological polar surface area (TPSA) is 83.6 Å². The van der Waals surface area contributed by atoms with Crippen LogP contribution in [0.4, 0.5) is 0 Å². The molecule has 1 aliphatic rings. The number of carbonyl (C=O) groups excluding carboxylic acids is 1. The van der Waals surface area contributed by atoms with Crippen molar-refractivity contribution in [1.82, 2.24) is 4.90 Å². The lowest BCUT2D eigenvalue weighted by Crippen LogP contribution is -2.54. The molecule has 5 nitrogen and oxygen atoms in total. The number of aliphatic carboxylic acids is 1. The van der Waals surface area contributed by atoms with E-state index in [2.05, 4.69) is 0 Å². The van der Waals surface area contributed by atoms with E-state index in [4.69, 9.17) is 10.8 Å². The highest BCUT2D eigenvalue weighted by atomic mass is 16.4. The van der Waals surface area contributed by atoms with Gasteiger partial charge < -0.3 is 15.7 Å². The standard InChI is InChI=1S/C15H20N2O3/c1-10(15(19)20)13-8-17(9-13)14(18)6-11-4-2-3-5-12(11)7-16/h2-5,10,13H,6-9,16H2,1H3,(H,19,20). The molecule has 1 aromatic rings. The van der Waals surface area contributed by atoms with Crippen LogP contribution in [0.2, 0.25) is 0 Å². The molecule has 1 heterocycles. The Bertz CT molecular complexity index is 510. The van der Waals surface area contributed by atoms with Gasteiger partial charge in [-0.1, -0.05) is 31.2 Å². The quantitative estimate of drug-likeness (QED) is 0.835. The maximum atomic E-state index is 12.1. The smallest absolute Gasteiger partial charge is 0.306 e. The second-order valence-corrected chi connectivity index (χ2v) is 5.34. The number of carboxylic acid groups (broad SMARTS) is 1. The normalized spacial score (nSPS) is 16.6. The SMILES string of the molecule is CC(C(=O)O)C1CN(C(=O)Cc2ccccc2CN)C1. The van der Waals surface area contributed by atoms with Crippen LogP contribution in [0.5, 0.6) is 0 Å². The van der Waals surface area contributed by atoms with Crippen molar-refractivity contribution in [2.75, 3.05) is 13.1 Å². The van der Waals surface area contributed by atoms with E-state index >= 15 is 0 Å². The molecule has 0 saturated carbocycles. The first-order valence-electron chi connectivity index (χ1n) is 6.80. The summed E-state index contributed by atoms with van der Waals surface area (Å²) in [6, 6.07) is 7.64. The molecule has 0 aromatic heterocycles. The third-order valence-corrected chi connectivity index (χ3v) is 4.04. The Balaban J connectivity index is 1.90.